The van der Waals surface area contributed by atoms with Crippen molar-refractivity contribution in [2.45, 2.75) is 51.9 Å². The van der Waals surface area contributed by atoms with E-state index in [9.17, 15) is 9.90 Å². The van der Waals surface area contributed by atoms with Gasteiger partial charge in [0.2, 0.25) is 5.91 Å². The summed E-state index contributed by atoms with van der Waals surface area (Å²) in [5, 5.41) is 10.2. The van der Waals surface area contributed by atoms with Gasteiger partial charge >= 0.3 is 0 Å². The van der Waals surface area contributed by atoms with Crippen LogP contribution in [0.25, 0.3) is 0 Å². The van der Waals surface area contributed by atoms with E-state index >= 15 is 0 Å². The van der Waals surface area contributed by atoms with E-state index in [1.165, 1.54) is 0 Å². The van der Waals surface area contributed by atoms with Crippen molar-refractivity contribution < 1.29 is 14.6 Å². The van der Waals surface area contributed by atoms with Crippen LogP contribution in [0.4, 0.5) is 0 Å². The highest BCUT2D eigenvalue weighted by Crippen LogP contribution is 2.24. The highest BCUT2D eigenvalue weighted by molar-refractivity contribution is 5.79. The number of carbonyl (C=O) groups excluding carboxylic acids is 1. The highest BCUT2D eigenvalue weighted by Gasteiger charge is 2.33. The highest BCUT2D eigenvalue weighted by atomic mass is 16.5. The van der Waals surface area contributed by atoms with Crippen molar-refractivity contribution in [2.75, 3.05) is 13.2 Å². The van der Waals surface area contributed by atoms with Crippen LogP contribution in [0.3, 0.4) is 0 Å². The third-order valence-electron chi connectivity index (χ3n) is 4.03. The smallest absolute Gasteiger partial charge is 0.228 e. The van der Waals surface area contributed by atoms with Crippen molar-refractivity contribution in [2.24, 2.45) is 5.92 Å². The van der Waals surface area contributed by atoms with E-state index < -0.39 is 5.60 Å². The molecule has 2 atom stereocenters. The van der Waals surface area contributed by atoms with Gasteiger partial charge in [-0.2, -0.15) is 0 Å². The standard InChI is InChI=1S/C18H27NO3/c1-14-16(10-7-11-22-14)17(20)19(13-18(2,3)21)12-15-8-5-4-6-9-15/h4-6,8-9,14,16,21H,7,10-13H2,1-3H3. The van der Waals surface area contributed by atoms with Gasteiger partial charge < -0.3 is 14.7 Å². The summed E-state index contributed by atoms with van der Waals surface area (Å²) in [5.74, 6) is -0.0296. The summed E-state index contributed by atoms with van der Waals surface area (Å²) >= 11 is 0. The lowest BCUT2D eigenvalue weighted by Gasteiger charge is -2.35. The lowest BCUT2D eigenvalue weighted by molar-refractivity contribution is -0.147. The van der Waals surface area contributed by atoms with Gasteiger partial charge in [0.05, 0.1) is 17.6 Å². The fourth-order valence-corrected chi connectivity index (χ4v) is 2.96. The monoisotopic (exact) mass is 305 g/mol. The lowest BCUT2D eigenvalue weighted by Crippen LogP contribution is -2.47. The van der Waals surface area contributed by atoms with Gasteiger partial charge in [0.1, 0.15) is 0 Å². The molecule has 1 fully saturated rings. The molecule has 0 spiro atoms. The molecule has 0 saturated carbocycles. The summed E-state index contributed by atoms with van der Waals surface area (Å²) in [6.45, 7) is 7.01. The van der Waals surface area contributed by atoms with Gasteiger partial charge in [-0.15, -0.1) is 0 Å². The Kier molecular flexibility index (Phi) is 5.59. The van der Waals surface area contributed by atoms with Gasteiger partial charge in [-0.1, -0.05) is 30.3 Å². The van der Waals surface area contributed by atoms with Crippen LogP contribution in [-0.4, -0.2) is 40.8 Å². The summed E-state index contributed by atoms with van der Waals surface area (Å²) in [4.78, 5) is 14.7. The number of carbonyl (C=O) groups is 1. The maximum Gasteiger partial charge on any atom is 0.228 e. The maximum atomic E-state index is 12.9. The predicted octanol–water partition coefficient (Wildman–Crippen LogP) is 2.60. The molecule has 1 aliphatic heterocycles. The number of nitrogens with zero attached hydrogens (tertiary/aromatic N) is 1. The van der Waals surface area contributed by atoms with Crippen LogP contribution in [-0.2, 0) is 16.1 Å². The molecular formula is C18H27NO3. The first-order valence-corrected chi connectivity index (χ1v) is 8.03. The molecule has 4 nitrogen and oxygen atoms in total. The van der Waals surface area contributed by atoms with E-state index in [1.807, 2.05) is 37.3 Å². The molecule has 0 radical (unpaired) electrons. The molecule has 2 unspecified atom stereocenters. The zero-order valence-electron chi connectivity index (χ0n) is 13.8. The lowest BCUT2D eigenvalue weighted by atomic mass is 9.93. The Morgan fingerprint density at radius 1 is 1.36 bits per heavy atom. The van der Waals surface area contributed by atoms with E-state index in [-0.39, 0.29) is 17.9 Å². The van der Waals surface area contributed by atoms with Gasteiger partial charge in [-0.05, 0) is 39.2 Å². The number of benzene rings is 1. The minimum atomic E-state index is -0.913. The summed E-state index contributed by atoms with van der Waals surface area (Å²) in [6, 6.07) is 9.91. The number of amides is 1. The summed E-state index contributed by atoms with van der Waals surface area (Å²) < 4.78 is 5.63. The maximum absolute atomic E-state index is 12.9. The van der Waals surface area contributed by atoms with Crippen molar-refractivity contribution >= 4 is 5.91 Å². The Hall–Kier alpha value is -1.39. The average Bonchev–Trinajstić information content (AvgIpc) is 2.46. The van der Waals surface area contributed by atoms with Crippen molar-refractivity contribution in [3.05, 3.63) is 35.9 Å². The number of aliphatic hydroxyl groups is 1. The number of hydrogen-bond acceptors (Lipinski definition) is 3. The van der Waals surface area contributed by atoms with Gasteiger partial charge in [0.15, 0.2) is 0 Å². The molecule has 4 heteroatoms. The molecule has 1 aliphatic rings. The van der Waals surface area contributed by atoms with Crippen molar-refractivity contribution in [1.29, 1.82) is 0 Å². The Labute approximate surface area is 133 Å². The van der Waals surface area contributed by atoms with Crippen LogP contribution in [0, 0.1) is 5.92 Å². The largest absolute Gasteiger partial charge is 0.389 e. The van der Waals surface area contributed by atoms with E-state index in [4.69, 9.17) is 4.74 Å². The minimum absolute atomic E-state index is 0.0543. The van der Waals surface area contributed by atoms with Gasteiger partial charge in [-0.25, -0.2) is 0 Å². The Bertz CT molecular complexity index is 481. The van der Waals surface area contributed by atoms with Crippen LogP contribution in [0.1, 0.15) is 39.2 Å². The summed E-state index contributed by atoms with van der Waals surface area (Å²) in [6.07, 6.45) is 1.72. The fourth-order valence-electron chi connectivity index (χ4n) is 2.96. The number of ether oxygens (including phenoxy) is 1. The Morgan fingerprint density at radius 2 is 2.05 bits per heavy atom. The molecule has 1 N–H and O–H groups in total. The molecule has 1 saturated heterocycles. The van der Waals surface area contributed by atoms with E-state index in [0.29, 0.717) is 13.1 Å². The van der Waals surface area contributed by atoms with Crippen molar-refractivity contribution in [3.63, 3.8) is 0 Å². The molecule has 0 bridgehead atoms. The van der Waals surface area contributed by atoms with E-state index in [0.717, 1.165) is 25.0 Å². The van der Waals surface area contributed by atoms with Crippen molar-refractivity contribution in [1.82, 2.24) is 4.90 Å². The zero-order chi connectivity index (χ0) is 16.2. The molecule has 0 aliphatic carbocycles. The molecule has 1 aromatic rings. The molecule has 1 amide bonds. The first-order chi connectivity index (χ1) is 10.4. The van der Waals surface area contributed by atoms with Crippen LogP contribution in [0.15, 0.2) is 30.3 Å². The normalized spacial score (nSPS) is 22.4. The quantitative estimate of drug-likeness (QED) is 0.909. The van der Waals surface area contributed by atoms with Crippen LogP contribution >= 0.6 is 0 Å². The van der Waals surface area contributed by atoms with Crippen molar-refractivity contribution in [3.8, 4) is 0 Å². The second-order valence-electron chi connectivity index (χ2n) is 6.82. The Balaban J connectivity index is 2.14. The molecule has 22 heavy (non-hydrogen) atoms. The van der Waals surface area contributed by atoms with E-state index in [1.54, 1.807) is 18.7 Å². The van der Waals surface area contributed by atoms with Crippen LogP contribution in [0.5, 0.6) is 0 Å². The average molecular weight is 305 g/mol. The second-order valence-corrected chi connectivity index (χ2v) is 6.82. The zero-order valence-corrected chi connectivity index (χ0v) is 13.8. The third kappa shape index (κ3) is 4.82. The molecule has 1 aromatic carbocycles. The predicted molar refractivity (Wildman–Crippen MR) is 86.3 cm³/mol. The molecule has 1 heterocycles. The molecular weight excluding hydrogens is 278 g/mol. The number of rotatable bonds is 5. The molecule has 2 rings (SSSR count). The summed E-state index contributed by atoms with van der Waals surface area (Å²) in [7, 11) is 0. The molecule has 122 valence electrons. The van der Waals surface area contributed by atoms with Gasteiger partial charge in [0.25, 0.3) is 0 Å². The van der Waals surface area contributed by atoms with Gasteiger partial charge in [0, 0.05) is 19.7 Å². The first-order valence-electron chi connectivity index (χ1n) is 8.03. The minimum Gasteiger partial charge on any atom is -0.389 e. The Morgan fingerprint density at radius 3 is 2.64 bits per heavy atom. The third-order valence-corrected chi connectivity index (χ3v) is 4.03. The number of hydrogen-bond donors (Lipinski definition) is 1. The first kappa shape index (κ1) is 17.0. The van der Waals surface area contributed by atoms with Crippen LogP contribution < -0.4 is 0 Å². The van der Waals surface area contributed by atoms with E-state index in [2.05, 4.69) is 0 Å². The SMILES string of the molecule is CC1OCCCC1C(=O)N(Cc1ccccc1)CC(C)(C)O. The van der Waals surface area contributed by atoms with Crippen LogP contribution in [0.2, 0.25) is 0 Å². The van der Waals surface area contributed by atoms with Gasteiger partial charge in [-0.3, -0.25) is 4.79 Å². The second kappa shape index (κ2) is 7.25. The topological polar surface area (TPSA) is 49.8 Å². The fraction of sp³-hybridized carbons (Fsp3) is 0.611. The summed E-state index contributed by atoms with van der Waals surface area (Å²) in [5.41, 5.74) is 0.160. The molecule has 0 aromatic heterocycles.